The maximum Gasteiger partial charge on any atom is 0.356 e. The van der Waals surface area contributed by atoms with Crippen molar-refractivity contribution in [3.63, 3.8) is 0 Å². The van der Waals surface area contributed by atoms with E-state index in [0.29, 0.717) is 11.1 Å². The van der Waals surface area contributed by atoms with E-state index in [2.05, 4.69) is 9.97 Å². The Kier molecular flexibility index (Phi) is 5.25. The predicted octanol–water partition coefficient (Wildman–Crippen LogP) is 3.52. The molecule has 0 aliphatic carbocycles. The van der Waals surface area contributed by atoms with Crippen LogP contribution in [0.15, 0.2) is 54.9 Å². The number of nitrogens with zero attached hydrogens (tertiary/aromatic N) is 3. The van der Waals surface area contributed by atoms with Gasteiger partial charge in [0.2, 0.25) is 0 Å². The Labute approximate surface area is 157 Å². The summed E-state index contributed by atoms with van der Waals surface area (Å²) < 4.78 is 34.6. The van der Waals surface area contributed by atoms with Crippen molar-refractivity contribution < 1.29 is 28.3 Å². The standard InChI is InChI=1S/C19H13F2N3O4/c1-28-17-12(11-5-3-2-4-6-11)7-8-15(16(17)20)24(21)18(25)13-9-22-10-14(23-13)19(26)27/h2-10H,1H3,(H,26,27). The van der Waals surface area contributed by atoms with Gasteiger partial charge < -0.3 is 9.84 Å². The second kappa shape index (κ2) is 7.78. The average Bonchev–Trinajstić information content (AvgIpc) is 2.73. The van der Waals surface area contributed by atoms with Crippen LogP contribution in [0.3, 0.4) is 0 Å². The van der Waals surface area contributed by atoms with Crippen molar-refractivity contribution in [2.75, 3.05) is 12.2 Å². The number of rotatable bonds is 5. The number of methoxy groups -OCH3 is 1. The molecule has 1 heterocycles. The molecular formula is C19H13F2N3O4. The molecule has 7 nitrogen and oxygen atoms in total. The molecule has 0 radical (unpaired) electrons. The third-order valence-corrected chi connectivity index (χ3v) is 3.83. The molecule has 142 valence electrons. The van der Waals surface area contributed by atoms with Crippen LogP contribution in [-0.2, 0) is 0 Å². The molecule has 28 heavy (non-hydrogen) atoms. The van der Waals surface area contributed by atoms with Crippen LogP contribution in [0.1, 0.15) is 21.0 Å². The first-order valence-electron chi connectivity index (χ1n) is 7.91. The fourth-order valence-corrected chi connectivity index (χ4v) is 2.52. The number of aromatic carboxylic acids is 1. The number of carbonyl (C=O) groups is 2. The molecule has 9 heteroatoms. The number of aromatic nitrogens is 2. The fourth-order valence-electron chi connectivity index (χ4n) is 2.52. The van der Waals surface area contributed by atoms with Crippen LogP contribution in [0, 0.1) is 5.82 Å². The lowest BCUT2D eigenvalue weighted by molar-refractivity contribution is 0.0689. The number of ether oxygens (including phenoxy) is 1. The molecule has 2 aromatic carbocycles. The van der Waals surface area contributed by atoms with Gasteiger partial charge in [-0.15, -0.1) is 5.12 Å². The lowest BCUT2D eigenvalue weighted by Crippen LogP contribution is -2.25. The molecule has 0 fully saturated rings. The largest absolute Gasteiger partial charge is 0.493 e. The summed E-state index contributed by atoms with van der Waals surface area (Å²) in [6, 6.07) is 11.2. The van der Waals surface area contributed by atoms with Gasteiger partial charge in [-0.2, -0.15) is 0 Å². The highest BCUT2D eigenvalue weighted by molar-refractivity contribution is 6.04. The van der Waals surface area contributed by atoms with E-state index in [1.54, 1.807) is 30.3 Å². The highest BCUT2D eigenvalue weighted by Gasteiger charge is 2.26. The van der Waals surface area contributed by atoms with Gasteiger partial charge in [0.15, 0.2) is 17.3 Å². The third kappa shape index (κ3) is 3.50. The minimum absolute atomic E-state index is 0.246. The highest BCUT2D eigenvalue weighted by Crippen LogP contribution is 2.37. The maximum atomic E-state index is 14.9. The summed E-state index contributed by atoms with van der Waals surface area (Å²) in [4.78, 5) is 30.2. The van der Waals surface area contributed by atoms with E-state index < -0.39 is 39.9 Å². The van der Waals surface area contributed by atoms with E-state index in [0.717, 1.165) is 18.5 Å². The summed E-state index contributed by atoms with van der Waals surface area (Å²) in [5, 5.41) is 8.43. The minimum atomic E-state index is -1.44. The maximum absolute atomic E-state index is 14.9. The molecule has 0 aliphatic heterocycles. The minimum Gasteiger partial charge on any atom is -0.493 e. The average molecular weight is 385 g/mol. The molecule has 0 spiro atoms. The molecule has 0 saturated heterocycles. The molecule has 3 aromatic rings. The zero-order valence-corrected chi connectivity index (χ0v) is 14.5. The second-order valence-corrected chi connectivity index (χ2v) is 5.53. The first-order chi connectivity index (χ1) is 13.4. The fraction of sp³-hybridized carbons (Fsp3) is 0.0526. The van der Waals surface area contributed by atoms with Crippen LogP contribution in [0.25, 0.3) is 11.1 Å². The van der Waals surface area contributed by atoms with E-state index in [1.807, 2.05) is 0 Å². The Hall–Kier alpha value is -3.88. The summed E-state index contributed by atoms with van der Waals surface area (Å²) in [7, 11) is 1.22. The smallest absolute Gasteiger partial charge is 0.356 e. The molecule has 3 rings (SSSR count). The first kappa shape index (κ1) is 18.9. The number of halogens is 2. The Balaban J connectivity index is 2.00. The number of benzene rings is 2. The van der Waals surface area contributed by atoms with Crippen LogP contribution in [0.5, 0.6) is 5.75 Å². The lowest BCUT2D eigenvalue weighted by atomic mass is 10.0. The van der Waals surface area contributed by atoms with Crippen molar-refractivity contribution in [3.05, 3.63) is 72.1 Å². The van der Waals surface area contributed by atoms with Crippen molar-refractivity contribution >= 4 is 17.6 Å². The van der Waals surface area contributed by atoms with Crippen LogP contribution >= 0.6 is 0 Å². The monoisotopic (exact) mass is 385 g/mol. The molecule has 0 saturated carbocycles. The molecule has 0 unspecified atom stereocenters. The van der Waals surface area contributed by atoms with E-state index >= 15 is 0 Å². The second-order valence-electron chi connectivity index (χ2n) is 5.53. The van der Waals surface area contributed by atoms with Crippen molar-refractivity contribution in [1.82, 2.24) is 9.97 Å². The molecular weight excluding hydrogens is 372 g/mol. The van der Waals surface area contributed by atoms with Gasteiger partial charge in [-0.3, -0.25) is 9.78 Å². The van der Waals surface area contributed by atoms with Gasteiger partial charge in [-0.1, -0.05) is 34.8 Å². The van der Waals surface area contributed by atoms with Gasteiger partial charge in [0, 0.05) is 5.56 Å². The summed E-state index contributed by atoms with van der Waals surface area (Å²) in [6.45, 7) is 0. The van der Waals surface area contributed by atoms with Gasteiger partial charge in [0.25, 0.3) is 0 Å². The third-order valence-electron chi connectivity index (χ3n) is 3.83. The van der Waals surface area contributed by atoms with Crippen molar-refractivity contribution in [1.29, 1.82) is 0 Å². The normalized spacial score (nSPS) is 10.4. The molecule has 0 bridgehead atoms. The van der Waals surface area contributed by atoms with E-state index in [4.69, 9.17) is 9.84 Å². The number of carboxylic acid groups (broad SMARTS) is 1. The Morgan fingerprint density at radius 3 is 2.39 bits per heavy atom. The van der Waals surface area contributed by atoms with E-state index in [9.17, 15) is 18.5 Å². The first-order valence-corrected chi connectivity index (χ1v) is 7.91. The van der Waals surface area contributed by atoms with Gasteiger partial charge in [-0.25, -0.2) is 14.2 Å². The zero-order chi connectivity index (χ0) is 20.3. The van der Waals surface area contributed by atoms with E-state index in [1.165, 1.54) is 13.2 Å². The molecule has 1 aromatic heterocycles. The van der Waals surface area contributed by atoms with Crippen LogP contribution in [0.2, 0.25) is 0 Å². The highest BCUT2D eigenvalue weighted by atomic mass is 19.2. The number of carbonyl (C=O) groups excluding carboxylic acids is 1. The summed E-state index contributed by atoms with van der Waals surface area (Å²) in [5.41, 5.74) is -0.826. The van der Waals surface area contributed by atoms with Gasteiger partial charge in [-0.05, 0) is 17.7 Å². The summed E-state index contributed by atoms with van der Waals surface area (Å²) >= 11 is 0. The lowest BCUT2D eigenvalue weighted by Gasteiger charge is -2.16. The van der Waals surface area contributed by atoms with Gasteiger partial charge in [0.1, 0.15) is 11.4 Å². The molecule has 1 amide bonds. The number of amides is 1. The Bertz CT molecular complexity index is 1040. The van der Waals surface area contributed by atoms with Crippen LogP contribution in [-0.4, -0.2) is 34.1 Å². The number of carboxylic acids is 1. The predicted molar refractivity (Wildman–Crippen MR) is 95.3 cm³/mol. The van der Waals surface area contributed by atoms with Gasteiger partial charge in [0.05, 0.1) is 19.5 Å². The number of hydrogen-bond acceptors (Lipinski definition) is 5. The van der Waals surface area contributed by atoms with Gasteiger partial charge >= 0.3 is 11.9 Å². The van der Waals surface area contributed by atoms with Crippen molar-refractivity contribution in [3.8, 4) is 16.9 Å². The number of hydrogen-bond donors (Lipinski definition) is 1. The van der Waals surface area contributed by atoms with E-state index in [-0.39, 0.29) is 5.75 Å². The summed E-state index contributed by atoms with van der Waals surface area (Å²) in [5.74, 6) is -4.15. The van der Waals surface area contributed by atoms with Crippen molar-refractivity contribution in [2.45, 2.75) is 0 Å². The Morgan fingerprint density at radius 2 is 1.75 bits per heavy atom. The molecule has 0 atom stereocenters. The number of anilines is 1. The quantitative estimate of drug-likeness (QED) is 0.676. The SMILES string of the molecule is COc1c(-c2ccccc2)ccc(N(F)C(=O)c2cncc(C(=O)O)n2)c1F. The van der Waals surface area contributed by atoms with Crippen LogP contribution in [0.4, 0.5) is 14.6 Å². The topological polar surface area (TPSA) is 92.6 Å². The van der Waals surface area contributed by atoms with Crippen LogP contribution < -0.4 is 9.86 Å². The Morgan fingerprint density at radius 1 is 1.07 bits per heavy atom. The molecule has 1 N–H and O–H groups in total. The van der Waals surface area contributed by atoms with Crippen molar-refractivity contribution in [2.24, 2.45) is 0 Å². The molecule has 0 aliphatic rings. The zero-order valence-electron chi connectivity index (χ0n) is 14.5. The summed E-state index contributed by atoms with van der Waals surface area (Å²) in [6.07, 6.45) is 1.79.